The van der Waals surface area contributed by atoms with E-state index in [4.69, 9.17) is 5.11 Å². The van der Waals surface area contributed by atoms with Crippen molar-refractivity contribution < 1.29 is 75.9 Å². The minimum atomic E-state index is -1.40. The summed E-state index contributed by atoms with van der Waals surface area (Å²) in [6.07, 6.45) is 1.24. The zero-order valence-corrected chi connectivity index (χ0v) is 14.5. The predicted octanol–water partition coefficient (Wildman–Crippen LogP) is -3.50. The SMILES string of the molecule is C=CC(NC(C(=O)[O-])c1ccc(O)cc1)C(=O)OC.[K+]. The largest absolute Gasteiger partial charge is 1.00 e. The van der Waals surface area contributed by atoms with Crippen molar-refractivity contribution in [3.8, 4) is 5.75 Å². The van der Waals surface area contributed by atoms with E-state index in [9.17, 15) is 14.7 Å². The number of phenols is 1. The molecule has 1 rings (SSSR count). The number of hydrogen-bond acceptors (Lipinski definition) is 6. The third kappa shape index (κ3) is 5.35. The number of carbonyl (C=O) groups is 2. The molecular weight excluding hydrogens is 289 g/mol. The Bertz CT molecular complexity index is 474. The van der Waals surface area contributed by atoms with Gasteiger partial charge in [-0.25, -0.2) is 0 Å². The molecule has 0 saturated heterocycles. The van der Waals surface area contributed by atoms with Crippen LogP contribution in [0.1, 0.15) is 11.6 Å². The maximum atomic E-state index is 11.4. The van der Waals surface area contributed by atoms with E-state index in [1.165, 1.54) is 37.5 Å². The molecule has 2 N–H and O–H groups in total. The summed E-state index contributed by atoms with van der Waals surface area (Å²) >= 11 is 0. The average molecular weight is 303 g/mol. The molecule has 0 spiro atoms. The number of carboxylic acid groups (broad SMARTS) is 1. The fraction of sp³-hybridized carbons (Fsp3) is 0.231. The molecule has 0 heterocycles. The molecule has 0 bridgehead atoms. The van der Waals surface area contributed by atoms with Gasteiger partial charge in [-0.2, -0.15) is 0 Å². The van der Waals surface area contributed by atoms with Crippen LogP contribution in [0.15, 0.2) is 36.9 Å². The summed E-state index contributed by atoms with van der Waals surface area (Å²) in [5.41, 5.74) is 0.341. The smallest absolute Gasteiger partial charge is 0.548 e. The van der Waals surface area contributed by atoms with Gasteiger partial charge in [-0.15, -0.1) is 6.58 Å². The summed E-state index contributed by atoms with van der Waals surface area (Å²) in [5, 5.41) is 22.8. The van der Waals surface area contributed by atoms with Gasteiger partial charge in [0.2, 0.25) is 0 Å². The van der Waals surface area contributed by atoms with Gasteiger partial charge in [0, 0.05) is 0 Å². The fourth-order valence-corrected chi connectivity index (χ4v) is 1.51. The molecule has 0 aliphatic carbocycles. The minimum Gasteiger partial charge on any atom is -0.548 e. The monoisotopic (exact) mass is 303 g/mol. The van der Waals surface area contributed by atoms with E-state index in [0.29, 0.717) is 5.56 Å². The van der Waals surface area contributed by atoms with Crippen LogP contribution >= 0.6 is 0 Å². The molecule has 2 atom stereocenters. The van der Waals surface area contributed by atoms with E-state index in [1.54, 1.807) is 0 Å². The first-order valence-electron chi connectivity index (χ1n) is 5.45. The third-order valence-corrected chi connectivity index (χ3v) is 2.50. The van der Waals surface area contributed by atoms with Crippen molar-refractivity contribution in [2.75, 3.05) is 7.11 Å². The van der Waals surface area contributed by atoms with E-state index in [1.807, 2.05) is 0 Å². The molecule has 0 saturated carbocycles. The van der Waals surface area contributed by atoms with E-state index in [0.717, 1.165) is 0 Å². The van der Waals surface area contributed by atoms with Gasteiger partial charge in [0.25, 0.3) is 0 Å². The Kier molecular flexibility index (Phi) is 8.95. The number of rotatable bonds is 6. The van der Waals surface area contributed by atoms with Crippen molar-refractivity contribution in [2.24, 2.45) is 0 Å². The van der Waals surface area contributed by atoms with Crippen molar-refractivity contribution >= 4 is 11.9 Å². The number of hydrogen-bond donors (Lipinski definition) is 2. The first-order valence-corrected chi connectivity index (χ1v) is 5.45. The van der Waals surface area contributed by atoms with Crippen LogP contribution in [0, 0.1) is 0 Å². The first kappa shape index (κ1) is 19.3. The molecule has 0 aromatic heterocycles. The number of esters is 1. The molecule has 1 aromatic rings. The van der Waals surface area contributed by atoms with Gasteiger partial charge in [-0.05, 0) is 17.7 Å². The Morgan fingerprint density at radius 2 is 1.95 bits per heavy atom. The second-order valence-electron chi connectivity index (χ2n) is 3.75. The molecule has 0 aliphatic rings. The molecule has 2 unspecified atom stereocenters. The molecular formula is C13H14KNO5. The maximum absolute atomic E-state index is 11.4. The van der Waals surface area contributed by atoms with Crippen LogP contribution in [0.2, 0.25) is 0 Å². The number of methoxy groups -OCH3 is 1. The number of benzene rings is 1. The summed E-state index contributed by atoms with van der Waals surface area (Å²) in [5.74, 6) is -2.05. The summed E-state index contributed by atoms with van der Waals surface area (Å²) in [4.78, 5) is 22.5. The number of aromatic hydroxyl groups is 1. The number of phenolic OH excluding ortho intramolecular Hbond substituents is 1. The van der Waals surface area contributed by atoms with Crippen LogP contribution in [0.4, 0.5) is 0 Å². The minimum absolute atomic E-state index is 0. The van der Waals surface area contributed by atoms with Crippen molar-refractivity contribution in [3.63, 3.8) is 0 Å². The van der Waals surface area contributed by atoms with Gasteiger partial charge >= 0.3 is 57.4 Å². The molecule has 0 amide bonds. The molecule has 0 radical (unpaired) electrons. The Morgan fingerprint density at radius 3 is 2.35 bits per heavy atom. The van der Waals surface area contributed by atoms with Crippen molar-refractivity contribution in [1.29, 1.82) is 0 Å². The first-order chi connectivity index (χ1) is 8.99. The predicted molar refractivity (Wildman–Crippen MR) is 65.0 cm³/mol. The second-order valence-corrected chi connectivity index (χ2v) is 3.75. The number of ether oxygens (including phenoxy) is 1. The quantitative estimate of drug-likeness (QED) is 0.321. The van der Waals surface area contributed by atoms with Crippen LogP contribution in [-0.4, -0.2) is 30.2 Å². The molecule has 0 fully saturated rings. The molecule has 20 heavy (non-hydrogen) atoms. The summed E-state index contributed by atoms with van der Waals surface area (Å²) in [6.45, 7) is 3.43. The van der Waals surface area contributed by atoms with Crippen LogP contribution < -0.4 is 61.8 Å². The van der Waals surface area contributed by atoms with Crippen LogP contribution in [0.25, 0.3) is 0 Å². The molecule has 7 heteroatoms. The molecule has 0 aliphatic heterocycles. The normalized spacial score (nSPS) is 12.7. The Balaban J connectivity index is 0.00000361. The van der Waals surface area contributed by atoms with Crippen molar-refractivity contribution in [3.05, 3.63) is 42.5 Å². The summed E-state index contributed by atoms with van der Waals surface area (Å²) < 4.78 is 4.51. The van der Waals surface area contributed by atoms with E-state index < -0.39 is 24.0 Å². The number of carboxylic acids is 1. The van der Waals surface area contributed by atoms with Gasteiger partial charge in [-0.1, -0.05) is 18.2 Å². The fourth-order valence-electron chi connectivity index (χ4n) is 1.51. The van der Waals surface area contributed by atoms with Gasteiger partial charge in [0.15, 0.2) is 0 Å². The Morgan fingerprint density at radius 1 is 1.40 bits per heavy atom. The molecule has 6 nitrogen and oxygen atoms in total. The Hall–Kier alpha value is -0.704. The zero-order valence-electron chi connectivity index (χ0n) is 11.3. The van der Waals surface area contributed by atoms with Gasteiger partial charge in [0.1, 0.15) is 11.8 Å². The van der Waals surface area contributed by atoms with Gasteiger partial charge < -0.3 is 19.7 Å². The topological polar surface area (TPSA) is 98.7 Å². The molecule has 1 aromatic carbocycles. The van der Waals surface area contributed by atoms with Crippen molar-refractivity contribution in [2.45, 2.75) is 12.1 Å². The number of nitrogens with one attached hydrogen (secondary N) is 1. The number of carbonyl (C=O) groups excluding carboxylic acids is 2. The van der Waals surface area contributed by atoms with Crippen LogP contribution in [-0.2, 0) is 14.3 Å². The van der Waals surface area contributed by atoms with Crippen LogP contribution in [0.5, 0.6) is 5.75 Å². The maximum Gasteiger partial charge on any atom is 1.00 e. The average Bonchev–Trinajstić information content (AvgIpc) is 2.40. The third-order valence-electron chi connectivity index (χ3n) is 2.50. The second kappa shape index (κ2) is 9.27. The van der Waals surface area contributed by atoms with Gasteiger partial charge in [-0.3, -0.25) is 10.1 Å². The van der Waals surface area contributed by atoms with Crippen molar-refractivity contribution in [1.82, 2.24) is 5.32 Å². The van der Waals surface area contributed by atoms with E-state index in [2.05, 4.69) is 16.6 Å². The number of aliphatic carboxylic acids is 1. The molecule has 102 valence electrons. The summed E-state index contributed by atoms with van der Waals surface area (Å²) in [7, 11) is 1.19. The van der Waals surface area contributed by atoms with Crippen LogP contribution in [0.3, 0.4) is 0 Å². The Labute approximate surface area is 159 Å². The van der Waals surface area contributed by atoms with E-state index in [-0.39, 0.29) is 57.1 Å². The zero-order chi connectivity index (χ0) is 14.4. The standard InChI is InChI=1S/C13H15NO5.K/c1-3-10(13(18)19-2)14-11(12(16)17)8-4-6-9(15)7-5-8;/h3-7,10-11,14-15H,1H2,2H3,(H,16,17);/q;+1/p-1. The summed E-state index contributed by atoms with van der Waals surface area (Å²) in [6, 6.07) is 3.33. The van der Waals surface area contributed by atoms with Gasteiger partial charge in [0.05, 0.1) is 19.1 Å². The van der Waals surface area contributed by atoms with E-state index >= 15 is 0 Å².